The Labute approximate surface area is 216 Å². The smallest absolute Gasteiger partial charge is 0.242 e. The molecule has 0 bridgehead atoms. The fraction of sp³-hybridized carbons (Fsp3) is 0.360. The Bertz CT molecular complexity index is 1200. The minimum Gasteiger partial charge on any atom is -0.384 e. The van der Waals surface area contributed by atoms with E-state index in [1.807, 2.05) is 0 Å². The van der Waals surface area contributed by atoms with E-state index in [4.69, 9.17) is 16.9 Å². The van der Waals surface area contributed by atoms with Crippen molar-refractivity contribution in [2.75, 3.05) is 0 Å². The summed E-state index contributed by atoms with van der Waals surface area (Å²) in [6.45, 7) is 3.48. The molecule has 37 heavy (non-hydrogen) atoms. The SMILES string of the molecule is CC(C)[C@@H](NS(=O)(=O)Cc1ccccc1)C(=O)N[C@@H](CCC(N)=O)C(=O)NCc1ccc(C(=N)N)cc1. The number of amidine groups is 1. The maximum Gasteiger partial charge on any atom is 0.242 e. The average molecular weight is 531 g/mol. The standard InChI is InChI=1S/C25H34N6O5S/c1-16(2)22(31-37(35,36)15-18-6-4-3-5-7-18)25(34)30-20(12-13-21(26)32)24(33)29-14-17-8-10-19(11-9-17)23(27)28/h3-11,16,20,22,31H,12-15H2,1-2H3,(H2,26,32)(H3,27,28)(H,29,33)(H,30,34)/t20-,22+/m0/s1. The summed E-state index contributed by atoms with van der Waals surface area (Å²) >= 11 is 0. The van der Waals surface area contributed by atoms with E-state index in [0.29, 0.717) is 11.1 Å². The molecule has 200 valence electrons. The molecule has 2 aromatic rings. The number of rotatable bonds is 14. The minimum atomic E-state index is -3.87. The zero-order valence-corrected chi connectivity index (χ0v) is 21.7. The van der Waals surface area contributed by atoms with Crippen molar-refractivity contribution >= 4 is 33.6 Å². The number of hydrogen-bond acceptors (Lipinski definition) is 6. The normalized spacial score (nSPS) is 12.9. The lowest BCUT2D eigenvalue weighted by atomic mass is 10.0. The van der Waals surface area contributed by atoms with Crippen LogP contribution in [0.1, 0.15) is 43.4 Å². The number of sulfonamides is 1. The van der Waals surface area contributed by atoms with Gasteiger partial charge in [0.15, 0.2) is 0 Å². The number of hydrogen-bond donors (Lipinski definition) is 6. The third-order valence-electron chi connectivity index (χ3n) is 5.50. The van der Waals surface area contributed by atoms with Crippen molar-refractivity contribution < 1.29 is 22.8 Å². The van der Waals surface area contributed by atoms with Crippen molar-refractivity contribution in [1.82, 2.24) is 15.4 Å². The topological polar surface area (TPSA) is 197 Å². The molecule has 2 aromatic carbocycles. The molecular formula is C25H34N6O5S. The highest BCUT2D eigenvalue weighted by molar-refractivity contribution is 7.88. The summed E-state index contributed by atoms with van der Waals surface area (Å²) in [5.74, 6) is -2.70. The van der Waals surface area contributed by atoms with E-state index in [2.05, 4.69) is 15.4 Å². The van der Waals surface area contributed by atoms with Crippen LogP contribution in [0.5, 0.6) is 0 Å². The number of carbonyl (C=O) groups excluding carboxylic acids is 3. The summed E-state index contributed by atoms with van der Waals surface area (Å²) in [6.07, 6.45) is -0.213. The third kappa shape index (κ3) is 10.0. The van der Waals surface area contributed by atoms with Crippen molar-refractivity contribution in [1.29, 1.82) is 5.41 Å². The van der Waals surface area contributed by atoms with Gasteiger partial charge >= 0.3 is 0 Å². The molecule has 0 saturated heterocycles. The summed E-state index contributed by atoms with van der Waals surface area (Å²) < 4.78 is 27.9. The molecule has 8 N–H and O–H groups in total. The lowest BCUT2D eigenvalue weighted by molar-refractivity contribution is -0.131. The Balaban J connectivity index is 2.09. The van der Waals surface area contributed by atoms with Crippen LogP contribution in [0.15, 0.2) is 54.6 Å². The van der Waals surface area contributed by atoms with Gasteiger partial charge in [0.1, 0.15) is 17.9 Å². The van der Waals surface area contributed by atoms with Crippen molar-refractivity contribution in [3.05, 3.63) is 71.3 Å². The van der Waals surface area contributed by atoms with Crippen LogP contribution in [0.3, 0.4) is 0 Å². The predicted molar refractivity (Wildman–Crippen MR) is 140 cm³/mol. The quantitative estimate of drug-likeness (QED) is 0.152. The molecular weight excluding hydrogens is 496 g/mol. The summed E-state index contributed by atoms with van der Waals surface area (Å²) in [4.78, 5) is 37.3. The van der Waals surface area contributed by atoms with Crippen LogP contribution in [-0.2, 0) is 36.7 Å². The van der Waals surface area contributed by atoms with Gasteiger partial charge in [0.25, 0.3) is 0 Å². The highest BCUT2D eigenvalue weighted by Gasteiger charge is 2.31. The van der Waals surface area contributed by atoms with Crippen molar-refractivity contribution in [2.24, 2.45) is 17.4 Å². The number of benzene rings is 2. The van der Waals surface area contributed by atoms with E-state index < -0.39 is 45.7 Å². The first-order valence-corrected chi connectivity index (χ1v) is 13.4. The molecule has 12 heteroatoms. The highest BCUT2D eigenvalue weighted by Crippen LogP contribution is 2.10. The largest absolute Gasteiger partial charge is 0.384 e. The molecule has 0 aliphatic heterocycles. The molecule has 0 radical (unpaired) electrons. The van der Waals surface area contributed by atoms with Gasteiger partial charge in [0.2, 0.25) is 27.7 Å². The number of amides is 3. The zero-order valence-electron chi connectivity index (χ0n) is 20.9. The molecule has 0 heterocycles. The Hall–Kier alpha value is -3.77. The molecule has 2 atom stereocenters. The third-order valence-corrected chi connectivity index (χ3v) is 6.83. The molecule has 0 saturated carbocycles. The van der Waals surface area contributed by atoms with Crippen molar-refractivity contribution in [3.8, 4) is 0 Å². The number of nitrogens with one attached hydrogen (secondary N) is 4. The summed E-state index contributed by atoms with van der Waals surface area (Å²) in [5, 5.41) is 12.7. The second-order valence-corrected chi connectivity index (χ2v) is 10.7. The van der Waals surface area contributed by atoms with Crippen LogP contribution in [0.2, 0.25) is 0 Å². The summed E-state index contributed by atoms with van der Waals surface area (Å²) in [5.41, 5.74) is 12.5. The Kier molecular flexibility index (Phi) is 10.8. The van der Waals surface area contributed by atoms with Crippen LogP contribution >= 0.6 is 0 Å². The molecule has 0 spiro atoms. The van der Waals surface area contributed by atoms with Crippen LogP contribution in [-0.4, -0.2) is 44.1 Å². The molecule has 0 aliphatic carbocycles. The van der Waals surface area contributed by atoms with E-state index in [0.717, 1.165) is 5.56 Å². The van der Waals surface area contributed by atoms with Gasteiger partial charge in [0, 0.05) is 18.5 Å². The van der Waals surface area contributed by atoms with Gasteiger partial charge in [-0.25, -0.2) is 13.1 Å². The van der Waals surface area contributed by atoms with Gasteiger partial charge in [0.05, 0.1) is 5.75 Å². The van der Waals surface area contributed by atoms with Crippen LogP contribution in [0, 0.1) is 11.3 Å². The van der Waals surface area contributed by atoms with Gasteiger partial charge in [-0.3, -0.25) is 19.8 Å². The first-order chi connectivity index (χ1) is 17.4. The fourth-order valence-corrected chi connectivity index (χ4v) is 4.93. The Morgan fingerprint density at radius 2 is 1.54 bits per heavy atom. The fourth-order valence-electron chi connectivity index (χ4n) is 3.45. The monoisotopic (exact) mass is 530 g/mol. The van der Waals surface area contributed by atoms with Gasteiger partial charge in [-0.05, 0) is 23.5 Å². The minimum absolute atomic E-state index is 0.0578. The van der Waals surface area contributed by atoms with Gasteiger partial charge in [-0.2, -0.15) is 0 Å². The maximum absolute atomic E-state index is 13.1. The lowest BCUT2D eigenvalue weighted by Gasteiger charge is -2.25. The number of nitrogen functional groups attached to an aromatic ring is 1. The molecule has 0 fully saturated rings. The molecule has 0 aromatic heterocycles. The highest BCUT2D eigenvalue weighted by atomic mass is 32.2. The van der Waals surface area contributed by atoms with E-state index in [-0.39, 0.29) is 31.0 Å². The lowest BCUT2D eigenvalue weighted by Crippen LogP contribution is -2.55. The van der Waals surface area contributed by atoms with Crippen LogP contribution in [0.4, 0.5) is 0 Å². The molecule has 0 aliphatic rings. The Morgan fingerprint density at radius 1 is 0.919 bits per heavy atom. The molecule has 2 rings (SSSR count). The Morgan fingerprint density at radius 3 is 2.08 bits per heavy atom. The predicted octanol–water partition coefficient (Wildman–Crippen LogP) is 0.481. The van der Waals surface area contributed by atoms with Gasteiger partial charge in [-0.1, -0.05) is 68.4 Å². The van der Waals surface area contributed by atoms with E-state index in [9.17, 15) is 22.8 Å². The van der Waals surface area contributed by atoms with Crippen LogP contribution < -0.4 is 26.8 Å². The molecule has 3 amide bonds. The maximum atomic E-state index is 13.1. The first kappa shape index (κ1) is 29.5. The second-order valence-electron chi connectivity index (χ2n) is 8.98. The second kappa shape index (κ2) is 13.5. The van der Waals surface area contributed by atoms with E-state index in [1.165, 1.54) is 0 Å². The van der Waals surface area contributed by atoms with E-state index in [1.54, 1.807) is 68.4 Å². The first-order valence-electron chi connectivity index (χ1n) is 11.7. The molecule has 11 nitrogen and oxygen atoms in total. The van der Waals surface area contributed by atoms with Crippen molar-refractivity contribution in [3.63, 3.8) is 0 Å². The molecule has 0 unspecified atom stereocenters. The van der Waals surface area contributed by atoms with Crippen molar-refractivity contribution in [2.45, 2.75) is 51.1 Å². The van der Waals surface area contributed by atoms with Crippen LogP contribution in [0.25, 0.3) is 0 Å². The zero-order chi connectivity index (χ0) is 27.6. The summed E-state index contributed by atoms with van der Waals surface area (Å²) in [6, 6.07) is 13.0. The van der Waals surface area contributed by atoms with E-state index >= 15 is 0 Å². The summed E-state index contributed by atoms with van der Waals surface area (Å²) in [7, 11) is -3.87. The van der Waals surface area contributed by atoms with Gasteiger partial charge in [-0.15, -0.1) is 0 Å². The van der Waals surface area contributed by atoms with Gasteiger partial charge < -0.3 is 22.1 Å². The average Bonchev–Trinajstić information content (AvgIpc) is 2.83. The number of primary amides is 1. The number of nitrogens with two attached hydrogens (primary N) is 2. The number of carbonyl (C=O) groups is 3.